The lowest BCUT2D eigenvalue weighted by Gasteiger charge is -2.15. The fraction of sp³-hybridized carbons (Fsp3) is 0.750. The average Bonchev–Trinajstić information content (AvgIpc) is 2.01. The van der Waals surface area contributed by atoms with E-state index < -0.39 is 0 Å². The van der Waals surface area contributed by atoms with E-state index in [4.69, 9.17) is 21.4 Å². The van der Waals surface area contributed by atoms with Gasteiger partial charge in [0.25, 0.3) is 0 Å². The molecule has 3 nitrogen and oxygen atoms in total. The molecule has 0 amide bonds. The second-order valence-electron chi connectivity index (χ2n) is 2.56. The molecule has 0 aliphatic carbocycles. The third-order valence-electron chi connectivity index (χ3n) is 1.43. The van der Waals surface area contributed by atoms with Crippen LogP contribution in [0.5, 0.6) is 0 Å². The Balaban J connectivity index is 3.54. The number of aliphatic hydroxyl groups excluding tert-OH is 1. The Bertz CT molecular complexity index is 124. The van der Waals surface area contributed by atoms with Crippen LogP contribution in [0.25, 0.3) is 0 Å². The van der Waals surface area contributed by atoms with E-state index in [1.807, 2.05) is 0 Å². The lowest BCUT2D eigenvalue weighted by Crippen LogP contribution is -2.34. The van der Waals surface area contributed by atoms with Gasteiger partial charge in [0, 0.05) is 31.3 Å². The zero-order valence-corrected chi connectivity index (χ0v) is 8.10. The molecule has 0 spiro atoms. The van der Waals surface area contributed by atoms with Crippen LogP contribution in [0.1, 0.15) is 6.42 Å². The van der Waals surface area contributed by atoms with Gasteiger partial charge in [0.15, 0.2) is 0 Å². The first kappa shape index (κ1) is 11.9. The summed E-state index contributed by atoms with van der Waals surface area (Å²) in [4.78, 5) is 0. The molecule has 72 valence electrons. The largest absolute Gasteiger partial charge is 0.396 e. The molecule has 0 bridgehead atoms. The molecule has 0 radical (unpaired) electrons. The summed E-state index contributed by atoms with van der Waals surface area (Å²) in [5, 5.41) is 12.3. The Labute approximate surface area is 78.4 Å². The van der Waals surface area contributed by atoms with Gasteiger partial charge in [0.1, 0.15) is 0 Å². The molecule has 12 heavy (non-hydrogen) atoms. The Kier molecular flexibility index (Phi) is 7.50. The van der Waals surface area contributed by atoms with Gasteiger partial charge in [0.2, 0.25) is 0 Å². The molecule has 4 heteroatoms. The number of ether oxygens (including phenoxy) is 1. The smallest absolute Gasteiger partial charge is 0.0616 e. The Morgan fingerprint density at radius 2 is 2.42 bits per heavy atom. The van der Waals surface area contributed by atoms with Crippen LogP contribution >= 0.6 is 11.6 Å². The van der Waals surface area contributed by atoms with Crippen LogP contribution < -0.4 is 5.32 Å². The van der Waals surface area contributed by atoms with Gasteiger partial charge in [-0.2, -0.15) is 0 Å². The number of methoxy groups -OCH3 is 1. The number of aliphatic hydroxyl groups is 1. The van der Waals surface area contributed by atoms with E-state index in [1.165, 1.54) is 0 Å². The molecule has 0 rings (SSSR count). The molecule has 0 aliphatic rings. The van der Waals surface area contributed by atoms with Gasteiger partial charge in [-0.25, -0.2) is 0 Å². The van der Waals surface area contributed by atoms with E-state index in [0.29, 0.717) is 24.6 Å². The molecule has 0 heterocycles. The zero-order valence-electron chi connectivity index (χ0n) is 7.35. The minimum atomic E-state index is 0.149. The number of halogens is 1. The molecule has 0 saturated carbocycles. The summed E-state index contributed by atoms with van der Waals surface area (Å²) >= 11 is 5.56. The SMILES string of the molecule is C=C(Cl)CNC(CCO)COC. The normalized spacial score (nSPS) is 12.9. The first-order chi connectivity index (χ1) is 5.70. The van der Waals surface area contributed by atoms with Crippen molar-refractivity contribution < 1.29 is 9.84 Å². The minimum absolute atomic E-state index is 0.149. The van der Waals surface area contributed by atoms with Crippen molar-refractivity contribution >= 4 is 11.6 Å². The van der Waals surface area contributed by atoms with Crippen LogP contribution in [0.15, 0.2) is 11.6 Å². The maximum Gasteiger partial charge on any atom is 0.0616 e. The summed E-state index contributed by atoms with van der Waals surface area (Å²) < 4.78 is 4.94. The van der Waals surface area contributed by atoms with Gasteiger partial charge >= 0.3 is 0 Å². The standard InChI is InChI=1S/C8H16ClNO2/c1-7(9)5-10-8(3-4-11)6-12-2/h8,10-11H,1,3-6H2,2H3. The van der Waals surface area contributed by atoms with Crippen molar-refractivity contribution in [3.63, 3.8) is 0 Å². The van der Waals surface area contributed by atoms with E-state index in [1.54, 1.807) is 7.11 Å². The van der Waals surface area contributed by atoms with Crippen LogP contribution in [-0.2, 0) is 4.74 Å². The average molecular weight is 194 g/mol. The molecule has 0 aromatic heterocycles. The van der Waals surface area contributed by atoms with Crippen LogP contribution in [0.2, 0.25) is 0 Å². The second-order valence-corrected chi connectivity index (χ2v) is 3.10. The lowest BCUT2D eigenvalue weighted by atomic mass is 10.2. The fourth-order valence-electron chi connectivity index (χ4n) is 0.856. The fourth-order valence-corrected chi connectivity index (χ4v) is 0.934. The molecule has 1 atom stereocenters. The number of nitrogens with one attached hydrogen (secondary N) is 1. The molecule has 0 aliphatic heterocycles. The van der Waals surface area contributed by atoms with E-state index in [9.17, 15) is 0 Å². The molecule has 0 saturated heterocycles. The first-order valence-corrected chi connectivity index (χ1v) is 4.25. The highest BCUT2D eigenvalue weighted by atomic mass is 35.5. The highest BCUT2D eigenvalue weighted by Gasteiger charge is 2.06. The van der Waals surface area contributed by atoms with Gasteiger partial charge in [-0.05, 0) is 6.42 Å². The number of rotatable bonds is 7. The van der Waals surface area contributed by atoms with Crippen molar-refractivity contribution in [3.05, 3.63) is 11.6 Å². The predicted molar refractivity (Wildman–Crippen MR) is 50.4 cm³/mol. The summed E-state index contributed by atoms with van der Waals surface area (Å²) in [6.07, 6.45) is 0.665. The zero-order chi connectivity index (χ0) is 9.40. The van der Waals surface area contributed by atoms with E-state index >= 15 is 0 Å². The van der Waals surface area contributed by atoms with Gasteiger partial charge in [-0.3, -0.25) is 0 Å². The van der Waals surface area contributed by atoms with E-state index in [-0.39, 0.29) is 12.6 Å². The molecular weight excluding hydrogens is 178 g/mol. The third kappa shape index (κ3) is 6.61. The molecule has 0 aromatic carbocycles. The summed E-state index contributed by atoms with van der Waals surface area (Å²) in [5.41, 5.74) is 0. The monoisotopic (exact) mass is 193 g/mol. The Hall–Kier alpha value is -0.0900. The van der Waals surface area contributed by atoms with Crippen LogP contribution in [0.4, 0.5) is 0 Å². The van der Waals surface area contributed by atoms with Crippen molar-refractivity contribution in [2.24, 2.45) is 0 Å². The minimum Gasteiger partial charge on any atom is -0.396 e. The maximum absolute atomic E-state index is 8.68. The molecule has 1 unspecified atom stereocenters. The molecular formula is C8H16ClNO2. The third-order valence-corrected chi connectivity index (χ3v) is 1.56. The van der Waals surface area contributed by atoms with Crippen molar-refractivity contribution in [1.29, 1.82) is 0 Å². The van der Waals surface area contributed by atoms with Crippen molar-refractivity contribution in [2.75, 3.05) is 26.9 Å². The number of hydrogen-bond donors (Lipinski definition) is 2. The molecule has 0 aromatic rings. The lowest BCUT2D eigenvalue weighted by molar-refractivity contribution is 0.150. The summed E-state index contributed by atoms with van der Waals surface area (Å²) in [7, 11) is 1.63. The van der Waals surface area contributed by atoms with Crippen LogP contribution in [-0.4, -0.2) is 38.0 Å². The van der Waals surface area contributed by atoms with Crippen molar-refractivity contribution in [1.82, 2.24) is 5.32 Å². The van der Waals surface area contributed by atoms with Crippen molar-refractivity contribution in [2.45, 2.75) is 12.5 Å². The van der Waals surface area contributed by atoms with Gasteiger partial charge < -0.3 is 15.2 Å². The topological polar surface area (TPSA) is 41.5 Å². The van der Waals surface area contributed by atoms with Gasteiger partial charge in [0.05, 0.1) is 6.61 Å². The first-order valence-electron chi connectivity index (χ1n) is 3.87. The maximum atomic E-state index is 8.68. The predicted octanol–water partition coefficient (Wildman–Crippen LogP) is 0.726. The van der Waals surface area contributed by atoms with Crippen LogP contribution in [0.3, 0.4) is 0 Å². The summed E-state index contributed by atoms with van der Waals surface area (Å²) in [6, 6.07) is 0.149. The Morgan fingerprint density at radius 1 is 1.75 bits per heavy atom. The van der Waals surface area contributed by atoms with Crippen LogP contribution in [0, 0.1) is 0 Å². The summed E-state index contributed by atoms with van der Waals surface area (Å²) in [6.45, 7) is 4.82. The van der Waals surface area contributed by atoms with Crippen molar-refractivity contribution in [3.8, 4) is 0 Å². The van der Waals surface area contributed by atoms with Gasteiger partial charge in [-0.15, -0.1) is 0 Å². The van der Waals surface area contributed by atoms with E-state index in [2.05, 4.69) is 11.9 Å². The highest BCUT2D eigenvalue weighted by molar-refractivity contribution is 6.29. The highest BCUT2D eigenvalue weighted by Crippen LogP contribution is 1.97. The quantitative estimate of drug-likeness (QED) is 0.627. The molecule has 2 N–H and O–H groups in total. The van der Waals surface area contributed by atoms with E-state index in [0.717, 1.165) is 0 Å². The second kappa shape index (κ2) is 7.55. The number of hydrogen-bond acceptors (Lipinski definition) is 3. The van der Waals surface area contributed by atoms with Gasteiger partial charge in [-0.1, -0.05) is 18.2 Å². The Morgan fingerprint density at radius 3 is 2.83 bits per heavy atom. The summed E-state index contributed by atoms with van der Waals surface area (Å²) in [5.74, 6) is 0. The molecule has 0 fully saturated rings.